The molecule has 3 nitrogen and oxygen atoms in total. The summed E-state index contributed by atoms with van der Waals surface area (Å²) in [6, 6.07) is -0.591. The Morgan fingerprint density at radius 2 is 2.20 bits per heavy atom. The first-order valence-corrected chi connectivity index (χ1v) is 4.77. The average molecular weight is 221 g/mol. The van der Waals surface area contributed by atoms with Gasteiger partial charge in [-0.1, -0.05) is 0 Å². The summed E-state index contributed by atoms with van der Waals surface area (Å²) in [7, 11) is 0. The Labute approximate surface area is 86.1 Å². The number of nitrogens with two attached hydrogens (primary N) is 1. The van der Waals surface area contributed by atoms with Gasteiger partial charge in [0.1, 0.15) is 0 Å². The van der Waals surface area contributed by atoms with Gasteiger partial charge in [-0.15, -0.1) is 0 Å². The van der Waals surface area contributed by atoms with E-state index in [1.807, 2.05) is 6.92 Å². The Bertz CT molecular complexity index is 306. The lowest BCUT2D eigenvalue weighted by atomic mass is 10.1. The maximum Gasteiger partial charge on any atom is 0.389 e. The molecule has 15 heavy (non-hydrogen) atoms. The topological polar surface area (TPSA) is 43.8 Å². The van der Waals surface area contributed by atoms with Gasteiger partial charge >= 0.3 is 6.18 Å². The first-order valence-electron chi connectivity index (χ1n) is 4.77. The second-order valence-corrected chi connectivity index (χ2v) is 3.39. The summed E-state index contributed by atoms with van der Waals surface area (Å²) < 4.78 is 37.4. The van der Waals surface area contributed by atoms with Crippen LogP contribution in [0.5, 0.6) is 0 Å². The highest BCUT2D eigenvalue weighted by Gasteiger charge is 2.28. The number of aromatic nitrogens is 2. The molecule has 1 heterocycles. The molecule has 0 aliphatic rings. The largest absolute Gasteiger partial charge is 0.389 e. The van der Waals surface area contributed by atoms with E-state index in [-0.39, 0.29) is 6.42 Å². The summed E-state index contributed by atoms with van der Waals surface area (Å²) in [6.45, 7) is 2.59. The molecule has 0 fully saturated rings. The van der Waals surface area contributed by atoms with Crippen LogP contribution in [0.3, 0.4) is 0 Å². The summed E-state index contributed by atoms with van der Waals surface area (Å²) in [6.07, 6.45) is -1.89. The Hall–Kier alpha value is -1.04. The van der Waals surface area contributed by atoms with Gasteiger partial charge in [0, 0.05) is 30.8 Å². The Kier molecular flexibility index (Phi) is 3.73. The van der Waals surface area contributed by atoms with Gasteiger partial charge in [0.25, 0.3) is 0 Å². The summed E-state index contributed by atoms with van der Waals surface area (Å²) in [5.74, 6) is 0. The highest BCUT2D eigenvalue weighted by Crippen LogP contribution is 2.25. The summed E-state index contributed by atoms with van der Waals surface area (Å²) in [5, 5.41) is 3.96. The number of nitrogens with zero attached hydrogens (tertiary/aromatic N) is 2. The summed E-state index contributed by atoms with van der Waals surface area (Å²) in [5.41, 5.74) is 6.27. The van der Waals surface area contributed by atoms with Gasteiger partial charge in [0.2, 0.25) is 0 Å². The molecule has 0 saturated heterocycles. The zero-order valence-corrected chi connectivity index (χ0v) is 8.46. The molecule has 86 valence electrons. The molecule has 1 rings (SSSR count). The van der Waals surface area contributed by atoms with Crippen LogP contribution in [0.1, 0.15) is 31.4 Å². The van der Waals surface area contributed by atoms with E-state index in [0.29, 0.717) is 12.1 Å². The maximum atomic E-state index is 11.9. The van der Waals surface area contributed by atoms with Crippen molar-refractivity contribution in [1.82, 2.24) is 9.78 Å². The zero-order valence-electron chi connectivity index (χ0n) is 8.46. The van der Waals surface area contributed by atoms with Crippen LogP contribution >= 0.6 is 0 Å². The Morgan fingerprint density at radius 1 is 1.53 bits per heavy atom. The molecule has 2 N–H and O–H groups in total. The van der Waals surface area contributed by atoms with Crippen molar-refractivity contribution < 1.29 is 13.2 Å². The van der Waals surface area contributed by atoms with Crippen LogP contribution in [0.2, 0.25) is 0 Å². The van der Waals surface area contributed by atoms with Crippen LogP contribution in [0.4, 0.5) is 13.2 Å². The molecule has 0 aliphatic heterocycles. The predicted octanol–water partition coefficient (Wildman–Crippen LogP) is 2.25. The molecular formula is C9H14F3N3. The van der Waals surface area contributed by atoms with Crippen LogP contribution in [0, 0.1) is 0 Å². The number of aryl methyl sites for hydroxylation is 1. The lowest BCUT2D eigenvalue weighted by Crippen LogP contribution is -2.15. The van der Waals surface area contributed by atoms with Crippen LogP contribution < -0.4 is 5.73 Å². The van der Waals surface area contributed by atoms with Crippen LogP contribution in [-0.2, 0) is 6.54 Å². The highest BCUT2D eigenvalue weighted by molar-refractivity contribution is 5.09. The summed E-state index contributed by atoms with van der Waals surface area (Å²) >= 11 is 0. The fourth-order valence-electron chi connectivity index (χ4n) is 1.23. The quantitative estimate of drug-likeness (QED) is 0.847. The second-order valence-electron chi connectivity index (χ2n) is 3.39. The SMILES string of the molecule is CCn1cc(C(N)CCC(F)(F)F)cn1. The Morgan fingerprint density at radius 3 is 2.67 bits per heavy atom. The van der Waals surface area contributed by atoms with Crippen LogP contribution in [0.15, 0.2) is 12.4 Å². The molecule has 1 atom stereocenters. The molecule has 0 amide bonds. The molecule has 0 radical (unpaired) electrons. The molecule has 0 aliphatic carbocycles. The molecule has 1 unspecified atom stereocenters. The molecular weight excluding hydrogens is 207 g/mol. The molecule has 6 heteroatoms. The number of rotatable bonds is 4. The standard InChI is InChI=1S/C9H14F3N3/c1-2-15-6-7(5-14-15)8(13)3-4-9(10,11)12/h5-6,8H,2-4,13H2,1H3. The first kappa shape index (κ1) is 12.0. The maximum absolute atomic E-state index is 11.9. The Balaban J connectivity index is 2.50. The highest BCUT2D eigenvalue weighted by atomic mass is 19.4. The number of alkyl halides is 3. The smallest absolute Gasteiger partial charge is 0.324 e. The van der Waals surface area contributed by atoms with E-state index in [9.17, 15) is 13.2 Å². The van der Waals surface area contributed by atoms with Crippen molar-refractivity contribution in [1.29, 1.82) is 0 Å². The second kappa shape index (κ2) is 4.65. The van der Waals surface area contributed by atoms with E-state index in [0.717, 1.165) is 0 Å². The van der Waals surface area contributed by atoms with E-state index in [1.165, 1.54) is 6.20 Å². The molecule has 0 spiro atoms. The fraction of sp³-hybridized carbons (Fsp3) is 0.667. The third kappa shape index (κ3) is 3.91. The number of hydrogen-bond donors (Lipinski definition) is 1. The third-order valence-corrected chi connectivity index (χ3v) is 2.14. The minimum absolute atomic E-state index is 0.0983. The minimum Gasteiger partial charge on any atom is -0.324 e. The van der Waals surface area contributed by atoms with Crippen molar-refractivity contribution in [2.75, 3.05) is 0 Å². The molecule has 1 aromatic heterocycles. The fourth-order valence-corrected chi connectivity index (χ4v) is 1.23. The first-order chi connectivity index (χ1) is 6.92. The van der Waals surface area contributed by atoms with E-state index in [4.69, 9.17) is 5.73 Å². The van der Waals surface area contributed by atoms with Gasteiger partial charge < -0.3 is 5.73 Å². The van der Waals surface area contributed by atoms with E-state index in [1.54, 1.807) is 10.9 Å². The van der Waals surface area contributed by atoms with Gasteiger partial charge in [-0.3, -0.25) is 4.68 Å². The number of halogens is 3. The summed E-state index contributed by atoms with van der Waals surface area (Å²) in [4.78, 5) is 0. The van der Waals surface area contributed by atoms with Crippen molar-refractivity contribution in [3.05, 3.63) is 18.0 Å². The van der Waals surface area contributed by atoms with Gasteiger partial charge in [0.15, 0.2) is 0 Å². The van der Waals surface area contributed by atoms with Crippen molar-refractivity contribution >= 4 is 0 Å². The van der Waals surface area contributed by atoms with Gasteiger partial charge in [-0.25, -0.2) is 0 Å². The average Bonchev–Trinajstić information content (AvgIpc) is 2.61. The van der Waals surface area contributed by atoms with Gasteiger partial charge in [-0.05, 0) is 13.3 Å². The lowest BCUT2D eigenvalue weighted by Gasteiger charge is -2.11. The third-order valence-electron chi connectivity index (χ3n) is 2.14. The normalized spacial score (nSPS) is 14.2. The molecule has 0 bridgehead atoms. The van der Waals surface area contributed by atoms with Crippen molar-refractivity contribution in [3.8, 4) is 0 Å². The van der Waals surface area contributed by atoms with Gasteiger partial charge in [-0.2, -0.15) is 18.3 Å². The van der Waals surface area contributed by atoms with E-state index in [2.05, 4.69) is 5.10 Å². The van der Waals surface area contributed by atoms with Crippen molar-refractivity contribution in [2.45, 2.75) is 38.5 Å². The van der Waals surface area contributed by atoms with Crippen LogP contribution in [0.25, 0.3) is 0 Å². The lowest BCUT2D eigenvalue weighted by molar-refractivity contribution is -0.136. The van der Waals surface area contributed by atoms with Gasteiger partial charge in [0.05, 0.1) is 6.20 Å². The van der Waals surface area contributed by atoms with Crippen LogP contribution in [-0.4, -0.2) is 16.0 Å². The molecule has 0 saturated carbocycles. The van der Waals surface area contributed by atoms with Crippen molar-refractivity contribution in [2.24, 2.45) is 5.73 Å². The minimum atomic E-state index is -4.14. The van der Waals surface area contributed by atoms with Crippen molar-refractivity contribution in [3.63, 3.8) is 0 Å². The predicted molar refractivity (Wildman–Crippen MR) is 50.1 cm³/mol. The molecule has 1 aromatic rings. The van der Waals surface area contributed by atoms with E-state index >= 15 is 0 Å². The molecule has 0 aromatic carbocycles. The zero-order chi connectivity index (χ0) is 11.5. The van der Waals surface area contributed by atoms with E-state index < -0.39 is 18.6 Å². The number of hydrogen-bond acceptors (Lipinski definition) is 2. The monoisotopic (exact) mass is 221 g/mol.